The highest BCUT2D eigenvalue weighted by Crippen LogP contribution is 2.25. The molecule has 1 N–H and O–H groups in total. The van der Waals surface area contributed by atoms with Gasteiger partial charge in [0.05, 0.1) is 17.3 Å². The molecule has 1 amide bonds. The molecule has 0 radical (unpaired) electrons. The molecule has 5 heteroatoms. The van der Waals surface area contributed by atoms with E-state index >= 15 is 0 Å². The van der Waals surface area contributed by atoms with E-state index in [1.807, 2.05) is 12.1 Å². The number of anilines is 1. The molecule has 3 nitrogen and oxygen atoms in total. The maximum absolute atomic E-state index is 12.0. The van der Waals surface area contributed by atoms with Crippen LogP contribution in [0.15, 0.2) is 22.7 Å². The van der Waals surface area contributed by atoms with Crippen molar-refractivity contribution in [3.05, 3.63) is 27.7 Å². The molecule has 0 aromatic heterocycles. The van der Waals surface area contributed by atoms with Gasteiger partial charge in [0.1, 0.15) is 0 Å². The third-order valence-corrected chi connectivity index (χ3v) is 4.12. The van der Waals surface area contributed by atoms with Crippen LogP contribution in [0.2, 0.25) is 5.02 Å². The Morgan fingerprint density at radius 2 is 2.37 bits per heavy atom. The predicted octanol–water partition coefficient (Wildman–Crippen LogP) is 3.77. The predicted molar refractivity (Wildman–Crippen MR) is 82.6 cm³/mol. The average Bonchev–Trinajstić information content (AvgIpc) is 2.33. The highest BCUT2D eigenvalue weighted by atomic mass is 79.9. The van der Waals surface area contributed by atoms with Gasteiger partial charge < -0.3 is 5.32 Å². The van der Waals surface area contributed by atoms with Gasteiger partial charge in [-0.05, 0) is 43.5 Å². The maximum atomic E-state index is 12.0. The van der Waals surface area contributed by atoms with Gasteiger partial charge in [-0.2, -0.15) is 0 Å². The van der Waals surface area contributed by atoms with E-state index < -0.39 is 0 Å². The van der Waals surface area contributed by atoms with Crippen LogP contribution in [0.4, 0.5) is 5.69 Å². The minimum absolute atomic E-state index is 0.00155. The summed E-state index contributed by atoms with van der Waals surface area (Å²) < 4.78 is 0.903. The Labute approximate surface area is 127 Å². The highest BCUT2D eigenvalue weighted by molar-refractivity contribution is 9.10. The quantitative estimate of drug-likeness (QED) is 0.904. The van der Waals surface area contributed by atoms with E-state index in [0.717, 1.165) is 17.6 Å². The second-order valence-electron chi connectivity index (χ2n) is 5.15. The summed E-state index contributed by atoms with van der Waals surface area (Å²) >= 11 is 9.42. The van der Waals surface area contributed by atoms with Crippen molar-refractivity contribution >= 4 is 39.1 Å². The standard InChI is InChI=1S/C14H18BrClN2O/c1-10-3-2-6-18(8-10)9-14(19)17-13-5-4-11(15)7-12(13)16/h4-5,7,10H,2-3,6,8-9H2,1H3,(H,17,19). The van der Waals surface area contributed by atoms with E-state index in [9.17, 15) is 4.79 Å². The first-order valence-corrected chi connectivity index (χ1v) is 7.69. The molecule has 1 aromatic rings. The summed E-state index contributed by atoms with van der Waals surface area (Å²) in [4.78, 5) is 14.2. The zero-order chi connectivity index (χ0) is 13.8. The van der Waals surface area contributed by atoms with Crippen LogP contribution in [0.5, 0.6) is 0 Å². The number of carbonyl (C=O) groups excluding carboxylic acids is 1. The zero-order valence-corrected chi connectivity index (χ0v) is 13.3. The van der Waals surface area contributed by atoms with E-state index in [4.69, 9.17) is 11.6 Å². The van der Waals surface area contributed by atoms with Gasteiger partial charge in [0.25, 0.3) is 0 Å². The Morgan fingerprint density at radius 3 is 3.05 bits per heavy atom. The monoisotopic (exact) mass is 344 g/mol. The van der Waals surface area contributed by atoms with Crippen molar-refractivity contribution in [3.8, 4) is 0 Å². The Hall–Kier alpha value is -0.580. The fourth-order valence-electron chi connectivity index (χ4n) is 2.41. The van der Waals surface area contributed by atoms with Crippen LogP contribution in [0.3, 0.4) is 0 Å². The molecule has 19 heavy (non-hydrogen) atoms. The molecule has 1 fully saturated rings. The molecule has 1 aromatic carbocycles. The van der Waals surface area contributed by atoms with Crippen LogP contribution in [0.1, 0.15) is 19.8 Å². The third-order valence-electron chi connectivity index (χ3n) is 3.31. The Kier molecular flexibility index (Phi) is 5.25. The van der Waals surface area contributed by atoms with E-state index in [2.05, 4.69) is 33.1 Å². The second kappa shape index (κ2) is 6.73. The first-order chi connectivity index (χ1) is 9.04. The molecule has 1 atom stereocenters. The number of likely N-dealkylation sites (tertiary alicyclic amines) is 1. The molecule has 0 bridgehead atoms. The molecular weight excluding hydrogens is 328 g/mol. The summed E-state index contributed by atoms with van der Waals surface area (Å²) in [5.74, 6) is 0.677. The normalized spacial score (nSPS) is 20.3. The molecule has 1 aliphatic rings. The smallest absolute Gasteiger partial charge is 0.238 e. The zero-order valence-electron chi connectivity index (χ0n) is 11.0. The Bertz CT molecular complexity index is 467. The topological polar surface area (TPSA) is 32.3 Å². The number of piperidine rings is 1. The van der Waals surface area contributed by atoms with E-state index in [1.165, 1.54) is 12.8 Å². The number of halogens is 2. The SMILES string of the molecule is CC1CCCN(CC(=O)Nc2ccc(Br)cc2Cl)C1. The maximum Gasteiger partial charge on any atom is 0.238 e. The number of benzene rings is 1. The summed E-state index contributed by atoms with van der Waals surface area (Å²) in [6.07, 6.45) is 2.43. The molecule has 104 valence electrons. The molecule has 1 heterocycles. The average molecular weight is 346 g/mol. The minimum Gasteiger partial charge on any atom is -0.324 e. The van der Waals surface area contributed by atoms with Crippen LogP contribution >= 0.6 is 27.5 Å². The molecule has 0 aliphatic carbocycles. The van der Waals surface area contributed by atoms with Crippen LogP contribution in [0, 0.1) is 5.92 Å². The second-order valence-corrected chi connectivity index (χ2v) is 6.48. The van der Waals surface area contributed by atoms with E-state index in [1.54, 1.807) is 6.07 Å². The summed E-state index contributed by atoms with van der Waals surface area (Å²) in [7, 11) is 0. The van der Waals surface area contributed by atoms with Gasteiger partial charge in [0, 0.05) is 11.0 Å². The van der Waals surface area contributed by atoms with Gasteiger partial charge in [0.2, 0.25) is 5.91 Å². The van der Waals surface area contributed by atoms with Crippen molar-refractivity contribution in [2.24, 2.45) is 5.92 Å². The van der Waals surface area contributed by atoms with Gasteiger partial charge in [0.15, 0.2) is 0 Å². The van der Waals surface area contributed by atoms with Crippen molar-refractivity contribution in [1.29, 1.82) is 0 Å². The molecule has 0 saturated carbocycles. The fraction of sp³-hybridized carbons (Fsp3) is 0.500. The lowest BCUT2D eigenvalue weighted by molar-refractivity contribution is -0.117. The molecule has 2 rings (SSSR count). The summed E-state index contributed by atoms with van der Waals surface area (Å²) in [6.45, 7) is 4.68. The Balaban J connectivity index is 1.90. The first-order valence-electron chi connectivity index (χ1n) is 6.52. The third kappa shape index (κ3) is 4.48. The number of hydrogen-bond donors (Lipinski definition) is 1. The largest absolute Gasteiger partial charge is 0.324 e. The van der Waals surface area contributed by atoms with Gasteiger partial charge in [-0.25, -0.2) is 0 Å². The van der Waals surface area contributed by atoms with Crippen LogP contribution < -0.4 is 5.32 Å². The number of nitrogens with one attached hydrogen (secondary N) is 1. The highest BCUT2D eigenvalue weighted by Gasteiger charge is 2.18. The fourth-order valence-corrected chi connectivity index (χ4v) is 3.13. The van der Waals surface area contributed by atoms with Crippen molar-refractivity contribution < 1.29 is 4.79 Å². The molecule has 1 aliphatic heterocycles. The lowest BCUT2D eigenvalue weighted by atomic mass is 10.0. The summed E-state index contributed by atoms with van der Waals surface area (Å²) in [6, 6.07) is 5.45. The van der Waals surface area contributed by atoms with Crippen molar-refractivity contribution in [2.75, 3.05) is 25.0 Å². The number of carbonyl (C=O) groups is 1. The number of rotatable bonds is 3. The van der Waals surface area contributed by atoms with E-state index in [0.29, 0.717) is 23.2 Å². The van der Waals surface area contributed by atoms with Crippen LogP contribution in [0.25, 0.3) is 0 Å². The Morgan fingerprint density at radius 1 is 1.58 bits per heavy atom. The van der Waals surface area contributed by atoms with Gasteiger partial charge in [-0.3, -0.25) is 9.69 Å². The van der Waals surface area contributed by atoms with E-state index in [-0.39, 0.29) is 5.91 Å². The van der Waals surface area contributed by atoms with Crippen molar-refractivity contribution in [3.63, 3.8) is 0 Å². The molecular formula is C14H18BrClN2O. The lowest BCUT2D eigenvalue weighted by Gasteiger charge is -2.30. The number of amides is 1. The molecule has 1 saturated heterocycles. The van der Waals surface area contributed by atoms with Gasteiger partial charge >= 0.3 is 0 Å². The molecule has 0 spiro atoms. The van der Waals surface area contributed by atoms with Gasteiger partial charge in [-0.15, -0.1) is 0 Å². The van der Waals surface area contributed by atoms with Crippen molar-refractivity contribution in [2.45, 2.75) is 19.8 Å². The molecule has 1 unspecified atom stereocenters. The number of hydrogen-bond acceptors (Lipinski definition) is 2. The van der Waals surface area contributed by atoms with Crippen LogP contribution in [-0.4, -0.2) is 30.4 Å². The summed E-state index contributed by atoms with van der Waals surface area (Å²) in [5, 5.41) is 3.42. The van der Waals surface area contributed by atoms with Gasteiger partial charge in [-0.1, -0.05) is 34.5 Å². The van der Waals surface area contributed by atoms with Crippen LogP contribution in [-0.2, 0) is 4.79 Å². The number of nitrogens with zero attached hydrogens (tertiary/aromatic N) is 1. The summed E-state index contributed by atoms with van der Waals surface area (Å²) in [5.41, 5.74) is 0.667. The van der Waals surface area contributed by atoms with Crippen molar-refractivity contribution in [1.82, 2.24) is 4.90 Å². The first kappa shape index (κ1) is 14.8. The minimum atomic E-state index is -0.00155. The lowest BCUT2D eigenvalue weighted by Crippen LogP contribution is -2.39.